The summed E-state index contributed by atoms with van der Waals surface area (Å²) in [5.74, 6) is 0.570. The fraction of sp³-hybridized carbons (Fsp3) is 0.222. The number of rotatable bonds is 1. The molecule has 0 fully saturated rings. The normalized spacial score (nSPS) is 14.6. The van der Waals surface area contributed by atoms with Gasteiger partial charge in [0.25, 0.3) is 0 Å². The third kappa shape index (κ3) is 1.42. The lowest BCUT2D eigenvalue weighted by atomic mass is 10.1. The average molecular weight is 176 g/mol. The van der Waals surface area contributed by atoms with E-state index in [0.717, 1.165) is 11.8 Å². The van der Waals surface area contributed by atoms with Gasteiger partial charge in [-0.1, -0.05) is 0 Å². The number of aldehydes is 1. The minimum Gasteiger partial charge on any atom is -0.310 e. The molecule has 0 aliphatic carbocycles. The molecule has 0 atom stereocenters. The van der Waals surface area contributed by atoms with Gasteiger partial charge in [0.1, 0.15) is 5.82 Å². The van der Waals surface area contributed by atoms with Gasteiger partial charge >= 0.3 is 0 Å². The molecule has 0 unspecified atom stereocenters. The Balaban J connectivity index is 2.42. The Hall–Kier alpha value is -1.71. The van der Waals surface area contributed by atoms with Crippen molar-refractivity contribution in [3.63, 3.8) is 0 Å². The van der Waals surface area contributed by atoms with Crippen molar-refractivity contribution in [3.05, 3.63) is 23.4 Å². The lowest BCUT2D eigenvalue weighted by molar-refractivity contribution is -0.116. The molecule has 2 heterocycles. The van der Waals surface area contributed by atoms with E-state index in [2.05, 4.69) is 10.3 Å². The van der Waals surface area contributed by atoms with Crippen molar-refractivity contribution in [1.29, 1.82) is 0 Å². The van der Waals surface area contributed by atoms with Crippen LogP contribution in [-0.4, -0.2) is 17.2 Å². The molecule has 1 N–H and O–H groups in total. The third-order valence-electron chi connectivity index (χ3n) is 2.00. The van der Waals surface area contributed by atoms with E-state index in [9.17, 15) is 9.59 Å². The minimum atomic E-state index is -0.0150. The van der Waals surface area contributed by atoms with E-state index in [1.165, 1.54) is 6.20 Å². The standard InChI is InChI=1S/C9H8N2O2/c12-5-6-3-7-1-2-8(13)11-9(7)10-4-6/h3-5H,1-2H2,(H,10,11,13). The number of pyridine rings is 1. The molecule has 0 radical (unpaired) electrons. The summed E-state index contributed by atoms with van der Waals surface area (Å²) in [6.07, 6.45) is 3.34. The van der Waals surface area contributed by atoms with Gasteiger partial charge in [0.15, 0.2) is 6.29 Å². The van der Waals surface area contributed by atoms with Crippen LogP contribution in [0.3, 0.4) is 0 Å². The van der Waals surface area contributed by atoms with Crippen LogP contribution in [0.2, 0.25) is 0 Å². The van der Waals surface area contributed by atoms with Crippen LogP contribution in [0.15, 0.2) is 12.3 Å². The molecular formula is C9H8N2O2. The van der Waals surface area contributed by atoms with Gasteiger partial charge in [-0.3, -0.25) is 9.59 Å². The van der Waals surface area contributed by atoms with Crippen molar-refractivity contribution in [3.8, 4) is 0 Å². The maximum Gasteiger partial charge on any atom is 0.225 e. The van der Waals surface area contributed by atoms with Crippen molar-refractivity contribution in [2.45, 2.75) is 12.8 Å². The van der Waals surface area contributed by atoms with Crippen molar-refractivity contribution in [2.24, 2.45) is 0 Å². The largest absolute Gasteiger partial charge is 0.310 e. The molecule has 1 aliphatic heterocycles. The highest BCUT2D eigenvalue weighted by atomic mass is 16.1. The van der Waals surface area contributed by atoms with Gasteiger partial charge in [-0.25, -0.2) is 4.98 Å². The topological polar surface area (TPSA) is 59.1 Å². The minimum absolute atomic E-state index is 0.0150. The molecule has 4 nitrogen and oxygen atoms in total. The molecule has 0 bridgehead atoms. The van der Waals surface area contributed by atoms with Gasteiger partial charge in [-0.05, 0) is 18.1 Å². The Kier molecular flexibility index (Phi) is 1.81. The Morgan fingerprint density at radius 1 is 1.46 bits per heavy atom. The highest BCUT2D eigenvalue weighted by molar-refractivity contribution is 5.93. The Bertz CT molecular complexity index is 374. The second kappa shape index (κ2) is 2.97. The third-order valence-corrected chi connectivity index (χ3v) is 2.00. The number of fused-ring (bicyclic) bond motifs is 1. The highest BCUT2D eigenvalue weighted by Crippen LogP contribution is 2.19. The average Bonchev–Trinajstić information content (AvgIpc) is 2.17. The lowest BCUT2D eigenvalue weighted by Crippen LogP contribution is -2.20. The molecular weight excluding hydrogens is 168 g/mol. The van der Waals surface area contributed by atoms with Crippen molar-refractivity contribution in [2.75, 3.05) is 5.32 Å². The zero-order valence-corrected chi connectivity index (χ0v) is 6.91. The molecule has 0 saturated heterocycles. The maximum absolute atomic E-state index is 11.0. The molecule has 1 aromatic heterocycles. The molecule has 2 rings (SSSR count). The zero-order chi connectivity index (χ0) is 9.26. The van der Waals surface area contributed by atoms with Gasteiger partial charge in [0, 0.05) is 18.2 Å². The van der Waals surface area contributed by atoms with Crippen molar-refractivity contribution < 1.29 is 9.59 Å². The molecule has 1 aromatic rings. The summed E-state index contributed by atoms with van der Waals surface area (Å²) in [6.45, 7) is 0. The fourth-order valence-corrected chi connectivity index (χ4v) is 1.34. The quantitative estimate of drug-likeness (QED) is 0.643. The molecule has 0 saturated carbocycles. The Morgan fingerprint density at radius 3 is 3.08 bits per heavy atom. The van der Waals surface area contributed by atoms with Crippen LogP contribution in [0.4, 0.5) is 5.82 Å². The summed E-state index contributed by atoms with van der Waals surface area (Å²) in [7, 11) is 0. The summed E-state index contributed by atoms with van der Waals surface area (Å²) >= 11 is 0. The molecule has 13 heavy (non-hydrogen) atoms. The van der Waals surface area contributed by atoms with E-state index in [-0.39, 0.29) is 5.91 Å². The van der Waals surface area contributed by atoms with Crippen LogP contribution in [0, 0.1) is 0 Å². The first-order valence-corrected chi connectivity index (χ1v) is 4.03. The smallest absolute Gasteiger partial charge is 0.225 e. The number of carbonyl (C=O) groups excluding carboxylic acids is 2. The van der Waals surface area contributed by atoms with Gasteiger partial charge in [-0.2, -0.15) is 0 Å². The number of hydrogen-bond donors (Lipinski definition) is 1. The zero-order valence-electron chi connectivity index (χ0n) is 6.91. The molecule has 4 heteroatoms. The molecule has 66 valence electrons. The Labute approximate surface area is 75.0 Å². The number of amides is 1. The van der Waals surface area contributed by atoms with E-state index >= 15 is 0 Å². The second-order valence-corrected chi connectivity index (χ2v) is 2.94. The van der Waals surface area contributed by atoms with E-state index < -0.39 is 0 Å². The van der Waals surface area contributed by atoms with Gasteiger partial charge < -0.3 is 5.32 Å². The van der Waals surface area contributed by atoms with E-state index in [1.54, 1.807) is 6.07 Å². The van der Waals surface area contributed by atoms with Crippen LogP contribution < -0.4 is 5.32 Å². The van der Waals surface area contributed by atoms with Gasteiger partial charge in [-0.15, -0.1) is 0 Å². The second-order valence-electron chi connectivity index (χ2n) is 2.94. The van der Waals surface area contributed by atoms with E-state index in [4.69, 9.17) is 0 Å². The first-order chi connectivity index (χ1) is 6.29. The van der Waals surface area contributed by atoms with E-state index in [0.29, 0.717) is 24.2 Å². The summed E-state index contributed by atoms with van der Waals surface area (Å²) in [5, 5.41) is 2.65. The molecule has 1 aliphatic rings. The first kappa shape index (κ1) is 7.91. The van der Waals surface area contributed by atoms with Crippen LogP contribution in [0.25, 0.3) is 0 Å². The predicted octanol–water partition coefficient (Wildman–Crippen LogP) is 0.779. The monoisotopic (exact) mass is 176 g/mol. The van der Waals surface area contributed by atoms with E-state index in [1.807, 2.05) is 0 Å². The SMILES string of the molecule is O=Cc1cnc2c(c1)CCC(=O)N2. The summed E-state index contributed by atoms with van der Waals surface area (Å²) in [6, 6.07) is 1.76. The summed E-state index contributed by atoms with van der Waals surface area (Å²) in [5.41, 5.74) is 1.49. The van der Waals surface area contributed by atoms with Gasteiger partial charge in [0.2, 0.25) is 5.91 Å². The van der Waals surface area contributed by atoms with Gasteiger partial charge in [0.05, 0.1) is 0 Å². The number of nitrogens with one attached hydrogen (secondary N) is 1. The number of hydrogen-bond acceptors (Lipinski definition) is 3. The number of anilines is 1. The summed E-state index contributed by atoms with van der Waals surface area (Å²) in [4.78, 5) is 25.4. The fourth-order valence-electron chi connectivity index (χ4n) is 1.34. The Morgan fingerprint density at radius 2 is 2.31 bits per heavy atom. The maximum atomic E-state index is 11.0. The predicted molar refractivity (Wildman–Crippen MR) is 46.6 cm³/mol. The number of aryl methyl sites for hydroxylation is 1. The van der Waals surface area contributed by atoms with Crippen molar-refractivity contribution >= 4 is 18.0 Å². The van der Waals surface area contributed by atoms with Crippen LogP contribution in [0.1, 0.15) is 22.3 Å². The number of aromatic nitrogens is 1. The summed E-state index contributed by atoms with van der Waals surface area (Å²) < 4.78 is 0. The number of carbonyl (C=O) groups is 2. The van der Waals surface area contributed by atoms with Crippen molar-refractivity contribution in [1.82, 2.24) is 4.98 Å². The first-order valence-electron chi connectivity index (χ1n) is 4.03. The highest BCUT2D eigenvalue weighted by Gasteiger charge is 2.15. The molecule has 0 aromatic carbocycles. The number of nitrogens with zero attached hydrogens (tertiary/aromatic N) is 1. The van der Waals surface area contributed by atoms with Crippen LogP contribution in [0.5, 0.6) is 0 Å². The molecule has 1 amide bonds. The lowest BCUT2D eigenvalue weighted by Gasteiger charge is -2.14. The molecule has 0 spiro atoms. The van der Waals surface area contributed by atoms with Crippen LogP contribution >= 0.6 is 0 Å². The van der Waals surface area contributed by atoms with Crippen LogP contribution in [-0.2, 0) is 11.2 Å².